The van der Waals surface area contributed by atoms with Crippen molar-refractivity contribution in [3.63, 3.8) is 0 Å². The first kappa shape index (κ1) is 13.9. The van der Waals surface area contributed by atoms with Crippen LogP contribution in [0, 0.1) is 28.4 Å². The van der Waals surface area contributed by atoms with Gasteiger partial charge in [0.15, 0.2) is 0 Å². The maximum absolute atomic E-state index is 10.6. The molecular formula is C12H15N3O3. The highest BCUT2D eigenvalue weighted by Crippen LogP contribution is 2.23. The molecule has 0 aromatic heterocycles. The van der Waals surface area contributed by atoms with Crippen LogP contribution in [0.25, 0.3) is 0 Å². The molecule has 6 nitrogen and oxygen atoms in total. The quantitative estimate of drug-likeness (QED) is 0.634. The SMILES string of the molecule is Cc1cc(OCCC(C)(N)C#N)ccc1[N+](=O)[O-]. The van der Waals surface area contributed by atoms with Crippen molar-refractivity contribution in [1.82, 2.24) is 0 Å². The van der Waals surface area contributed by atoms with Crippen LogP contribution in [0.3, 0.4) is 0 Å². The number of hydrogen-bond acceptors (Lipinski definition) is 5. The summed E-state index contributed by atoms with van der Waals surface area (Å²) in [6.45, 7) is 3.56. The molecule has 1 aromatic carbocycles. The number of nitro groups is 1. The van der Waals surface area contributed by atoms with Gasteiger partial charge in [-0.2, -0.15) is 5.26 Å². The monoisotopic (exact) mass is 249 g/mol. The van der Waals surface area contributed by atoms with E-state index in [0.29, 0.717) is 17.7 Å². The molecule has 0 aliphatic heterocycles. The molecule has 0 saturated carbocycles. The van der Waals surface area contributed by atoms with Gasteiger partial charge in [-0.05, 0) is 26.0 Å². The Hall–Kier alpha value is -2.13. The summed E-state index contributed by atoms with van der Waals surface area (Å²) in [6.07, 6.45) is 0.388. The van der Waals surface area contributed by atoms with E-state index in [0.717, 1.165) is 0 Å². The molecule has 1 aromatic rings. The van der Waals surface area contributed by atoms with E-state index in [9.17, 15) is 10.1 Å². The molecule has 0 heterocycles. The van der Waals surface area contributed by atoms with E-state index in [1.54, 1.807) is 19.9 Å². The van der Waals surface area contributed by atoms with Gasteiger partial charge in [-0.15, -0.1) is 0 Å². The molecule has 96 valence electrons. The molecule has 0 spiro atoms. The summed E-state index contributed by atoms with van der Waals surface area (Å²) in [4.78, 5) is 10.2. The fourth-order valence-electron chi connectivity index (χ4n) is 1.36. The van der Waals surface area contributed by atoms with E-state index in [2.05, 4.69) is 0 Å². The Morgan fingerprint density at radius 3 is 2.78 bits per heavy atom. The molecule has 0 saturated heterocycles. The summed E-state index contributed by atoms with van der Waals surface area (Å²) in [7, 11) is 0. The summed E-state index contributed by atoms with van der Waals surface area (Å²) < 4.78 is 5.41. The lowest BCUT2D eigenvalue weighted by atomic mass is 10.0. The molecule has 1 rings (SSSR count). The molecule has 0 aliphatic carbocycles. The zero-order valence-electron chi connectivity index (χ0n) is 10.3. The van der Waals surface area contributed by atoms with Crippen LogP contribution in [0.2, 0.25) is 0 Å². The molecular weight excluding hydrogens is 234 g/mol. The lowest BCUT2D eigenvalue weighted by molar-refractivity contribution is -0.385. The third-order valence-electron chi connectivity index (χ3n) is 2.51. The molecule has 6 heteroatoms. The van der Waals surface area contributed by atoms with Crippen LogP contribution in [0.5, 0.6) is 5.75 Å². The van der Waals surface area contributed by atoms with Gasteiger partial charge in [0.25, 0.3) is 5.69 Å². The number of benzene rings is 1. The summed E-state index contributed by atoms with van der Waals surface area (Å²) in [5, 5.41) is 19.4. The van der Waals surface area contributed by atoms with Crippen molar-refractivity contribution < 1.29 is 9.66 Å². The van der Waals surface area contributed by atoms with Gasteiger partial charge in [-0.3, -0.25) is 10.1 Å². The highest BCUT2D eigenvalue weighted by atomic mass is 16.6. The van der Waals surface area contributed by atoms with Gasteiger partial charge in [0, 0.05) is 18.1 Å². The summed E-state index contributed by atoms with van der Waals surface area (Å²) in [5.41, 5.74) is 5.32. The number of ether oxygens (including phenoxy) is 1. The van der Waals surface area contributed by atoms with Gasteiger partial charge in [-0.1, -0.05) is 0 Å². The third-order valence-corrected chi connectivity index (χ3v) is 2.51. The Bertz CT molecular complexity index is 492. The average Bonchev–Trinajstić information content (AvgIpc) is 2.28. The fourth-order valence-corrected chi connectivity index (χ4v) is 1.36. The van der Waals surface area contributed by atoms with E-state index in [1.807, 2.05) is 6.07 Å². The van der Waals surface area contributed by atoms with Gasteiger partial charge >= 0.3 is 0 Å². The van der Waals surface area contributed by atoms with Gasteiger partial charge in [-0.25, -0.2) is 0 Å². The Kier molecular flexibility index (Phi) is 4.23. The number of nitro benzene ring substituents is 1. The van der Waals surface area contributed by atoms with Crippen LogP contribution in [-0.4, -0.2) is 17.1 Å². The molecule has 0 bridgehead atoms. The van der Waals surface area contributed by atoms with Gasteiger partial charge in [0.05, 0.1) is 17.6 Å². The molecule has 0 fully saturated rings. The number of hydrogen-bond donors (Lipinski definition) is 1. The summed E-state index contributed by atoms with van der Waals surface area (Å²) >= 11 is 0. The van der Waals surface area contributed by atoms with Crippen molar-refractivity contribution in [3.8, 4) is 11.8 Å². The zero-order chi connectivity index (χ0) is 13.8. The second kappa shape index (κ2) is 5.47. The predicted molar refractivity (Wildman–Crippen MR) is 66.2 cm³/mol. The first-order chi connectivity index (χ1) is 8.35. The summed E-state index contributed by atoms with van der Waals surface area (Å²) in [6, 6.07) is 6.50. The van der Waals surface area contributed by atoms with Crippen LogP contribution >= 0.6 is 0 Å². The van der Waals surface area contributed by atoms with Gasteiger partial charge < -0.3 is 10.5 Å². The van der Waals surface area contributed by atoms with Crippen LogP contribution in [-0.2, 0) is 0 Å². The average molecular weight is 249 g/mol. The zero-order valence-corrected chi connectivity index (χ0v) is 10.3. The standard InChI is InChI=1S/C12H15N3O3/c1-9-7-10(3-4-11(9)15(16)17)18-6-5-12(2,14)8-13/h3-4,7H,5-6,14H2,1-2H3. The fraction of sp³-hybridized carbons (Fsp3) is 0.417. The lowest BCUT2D eigenvalue weighted by Crippen LogP contribution is -2.35. The van der Waals surface area contributed by atoms with Crippen molar-refractivity contribution in [2.45, 2.75) is 25.8 Å². The molecule has 1 unspecified atom stereocenters. The smallest absolute Gasteiger partial charge is 0.272 e. The number of nitrogens with zero attached hydrogens (tertiary/aromatic N) is 2. The number of aryl methyl sites for hydroxylation is 1. The number of nitriles is 1. The molecule has 0 aliphatic rings. The van der Waals surface area contributed by atoms with E-state index in [1.165, 1.54) is 12.1 Å². The first-order valence-corrected chi connectivity index (χ1v) is 5.44. The highest BCUT2D eigenvalue weighted by molar-refractivity contribution is 5.44. The van der Waals surface area contributed by atoms with Crippen molar-refractivity contribution in [2.75, 3.05) is 6.61 Å². The highest BCUT2D eigenvalue weighted by Gasteiger charge is 2.17. The summed E-state index contributed by atoms with van der Waals surface area (Å²) in [5.74, 6) is 0.534. The third kappa shape index (κ3) is 3.71. The maximum atomic E-state index is 10.6. The topological polar surface area (TPSA) is 102 Å². The minimum absolute atomic E-state index is 0.0584. The van der Waals surface area contributed by atoms with Crippen molar-refractivity contribution in [2.24, 2.45) is 5.73 Å². The predicted octanol–water partition coefficient (Wildman–Crippen LogP) is 1.91. The molecule has 18 heavy (non-hydrogen) atoms. The van der Waals surface area contributed by atoms with Crippen LogP contribution in [0.15, 0.2) is 18.2 Å². The number of rotatable bonds is 5. The van der Waals surface area contributed by atoms with Crippen LogP contribution in [0.4, 0.5) is 5.69 Å². The van der Waals surface area contributed by atoms with Crippen molar-refractivity contribution in [3.05, 3.63) is 33.9 Å². The van der Waals surface area contributed by atoms with E-state index in [4.69, 9.17) is 15.7 Å². The van der Waals surface area contributed by atoms with E-state index >= 15 is 0 Å². The van der Waals surface area contributed by atoms with E-state index in [-0.39, 0.29) is 12.3 Å². The second-order valence-corrected chi connectivity index (χ2v) is 4.33. The Labute approximate surface area is 105 Å². The molecule has 1 atom stereocenters. The first-order valence-electron chi connectivity index (χ1n) is 5.44. The van der Waals surface area contributed by atoms with Crippen LogP contribution in [0.1, 0.15) is 18.9 Å². The van der Waals surface area contributed by atoms with E-state index < -0.39 is 10.5 Å². The number of nitrogens with two attached hydrogens (primary N) is 1. The van der Waals surface area contributed by atoms with Crippen LogP contribution < -0.4 is 10.5 Å². The Balaban J connectivity index is 2.63. The van der Waals surface area contributed by atoms with Crippen molar-refractivity contribution in [1.29, 1.82) is 5.26 Å². The molecule has 2 N–H and O–H groups in total. The lowest BCUT2D eigenvalue weighted by Gasteiger charge is -2.15. The van der Waals surface area contributed by atoms with Crippen molar-refractivity contribution >= 4 is 5.69 Å². The Morgan fingerprint density at radius 1 is 1.61 bits per heavy atom. The normalized spacial score (nSPS) is 13.4. The minimum Gasteiger partial charge on any atom is -0.493 e. The Morgan fingerprint density at radius 2 is 2.28 bits per heavy atom. The van der Waals surface area contributed by atoms with Gasteiger partial charge in [0.1, 0.15) is 11.3 Å². The maximum Gasteiger partial charge on any atom is 0.272 e. The second-order valence-electron chi connectivity index (χ2n) is 4.33. The largest absolute Gasteiger partial charge is 0.493 e. The minimum atomic E-state index is -0.921. The van der Waals surface area contributed by atoms with Gasteiger partial charge in [0.2, 0.25) is 0 Å². The molecule has 0 radical (unpaired) electrons. The molecule has 0 amide bonds.